The number of hydrogen-bond donors (Lipinski definition) is 2. The number of aliphatic hydroxyl groups is 1. The molecule has 0 bridgehead atoms. The van der Waals surface area contributed by atoms with Crippen molar-refractivity contribution in [2.24, 2.45) is 0 Å². The van der Waals surface area contributed by atoms with Crippen LogP contribution in [0.15, 0.2) is 18.2 Å². The van der Waals surface area contributed by atoms with Crippen molar-refractivity contribution >= 4 is 5.69 Å². The minimum absolute atomic E-state index is 0.188. The molecule has 1 aliphatic carbocycles. The summed E-state index contributed by atoms with van der Waals surface area (Å²) in [6.45, 7) is 0. The smallest absolute Gasteiger partial charge is 0.126 e. The largest absolute Gasteiger partial charge is 0.393 e. The van der Waals surface area contributed by atoms with Crippen LogP contribution in [0.1, 0.15) is 18.4 Å². The molecule has 0 radical (unpaired) electrons. The van der Waals surface area contributed by atoms with Crippen LogP contribution in [0.2, 0.25) is 0 Å². The summed E-state index contributed by atoms with van der Waals surface area (Å²) in [6.07, 6.45) is 1.11. The van der Waals surface area contributed by atoms with Crippen molar-refractivity contribution in [2.45, 2.75) is 25.0 Å². The maximum atomic E-state index is 13.0. The molecule has 0 amide bonds. The first-order chi connectivity index (χ1) is 7.17. The Morgan fingerprint density at radius 1 is 1.40 bits per heavy atom. The van der Waals surface area contributed by atoms with Gasteiger partial charge < -0.3 is 10.4 Å². The lowest BCUT2D eigenvalue weighted by molar-refractivity contribution is 0.0836. The zero-order chi connectivity index (χ0) is 10.8. The van der Waals surface area contributed by atoms with Gasteiger partial charge in [0.15, 0.2) is 0 Å². The number of benzene rings is 1. The summed E-state index contributed by atoms with van der Waals surface area (Å²) < 4.78 is 13.0. The van der Waals surface area contributed by atoms with Crippen molar-refractivity contribution in [1.29, 1.82) is 5.26 Å². The van der Waals surface area contributed by atoms with Gasteiger partial charge in [-0.3, -0.25) is 0 Å². The molecule has 1 fully saturated rings. The van der Waals surface area contributed by atoms with E-state index in [-0.39, 0.29) is 12.1 Å². The highest BCUT2D eigenvalue weighted by Gasteiger charge is 2.26. The summed E-state index contributed by atoms with van der Waals surface area (Å²) in [4.78, 5) is 0. The topological polar surface area (TPSA) is 56.0 Å². The highest BCUT2D eigenvalue weighted by atomic mass is 19.1. The van der Waals surface area contributed by atoms with Crippen LogP contribution in [0.25, 0.3) is 0 Å². The molecule has 2 N–H and O–H groups in total. The summed E-state index contributed by atoms with van der Waals surface area (Å²) in [5.74, 6) is -0.420. The third kappa shape index (κ3) is 2.25. The normalized spacial score (nSPS) is 24.1. The molecule has 2 rings (SSSR count). The molecular weight excluding hydrogens is 195 g/mol. The first-order valence-electron chi connectivity index (χ1n) is 4.82. The summed E-state index contributed by atoms with van der Waals surface area (Å²) in [5, 5.41) is 20.8. The number of aliphatic hydroxyl groups excluding tert-OH is 1. The molecular formula is C11H11FN2O. The predicted octanol–water partition coefficient (Wildman–Crippen LogP) is 1.63. The van der Waals surface area contributed by atoms with Gasteiger partial charge in [-0.25, -0.2) is 4.39 Å². The number of nitrogens with one attached hydrogen (secondary N) is 1. The van der Waals surface area contributed by atoms with Gasteiger partial charge in [-0.05, 0) is 31.0 Å². The van der Waals surface area contributed by atoms with E-state index in [0.29, 0.717) is 24.1 Å². The second kappa shape index (κ2) is 3.87. The van der Waals surface area contributed by atoms with Gasteiger partial charge in [-0.1, -0.05) is 0 Å². The molecule has 1 aliphatic rings. The Morgan fingerprint density at radius 3 is 2.73 bits per heavy atom. The standard InChI is InChI=1S/C11H11FN2O/c12-8-1-7(6-13)2-9(3-8)14-10-4-11(15)5-10/h1-3,10-11,14-15H,4-5H2. The highest BCUT2D eigenvalue weighted by Crippen LogP contribution is 2.24. The second-order valence-corrected chi connectivity index (χ2v) is 3.81. The first-order valence-corrected chi connectivity index (χ1v) is 4.82. The van der Waals surface area contributed by atoms with Crippen LogP contribution in [0.3, 0.4) is 0 Å². The van der Waals surface area contributed by atoms with Crippen LogP contribution in [-0.4, -0.2) is 17.3 Å². The van der Waals surface area contributed by atoms with E-state index in [1.807, 2.05) is 6.07 Å². The molecule has 0 unspecified atom stereocenters. The Morgan fingerprint density at radius 2 is 2.13 bits per heavy atom. The monoisotopic (exact) mass is 206 g/mol. The minimum atomic E-state index is -0.420. The Bertz CT molecular complexity index is 408. The second-order valence-electron chi connectivity index (χ2n) is 3.81. The van der Waals surface area contributed by atoms with Crippen LogP contribution in [-0.2, 0) is 0 Å². The molecule has 1 saturated carbocycles. The van der Waals surface area contributed by atoms with Crippen molar-refractivity contribution < 1.29 is 9.50 Å². The lowest BCUT2D eigenvalue weighted by Crippen LogP contribution is -2.38. The summed E-state index contributed by atoms with van der Waals surface area (Å²) in [6, 6.07) is 6.24. The number of halogens is 1. The Balaban J connectivity index is 2.08. The van der Waals surface area contributed by atoms with Crippen molar-refractivity contribution in [1.82, 2.24) is 0 Å². The van der Waals surface area contributed by atoms with Gasteiger partial charge in [0.2, 0.25) is 0 Å². The molecule has 0 aliphatic heterocycles. The van der Waals surface area contributed by atoms with Crippen molar-refractivity contribution in [3.05, 3.63) is 29.6 Å². The summed E-state index contributed by atoms with van der Waals surface area (Å²) >= 11 is 0. The Labute approximate surface area is 87.2 Å². The van der Waals surface area contributed by atoms with Crippen LogP contribution in [0.5, 0.6) is 0 Å². The van der Waals surface area contributed by atoms with Gasteiger partial charge in [0.1, 0.15) is 5.82 Å². The van der Waals surface area contributed by atoms with Crippen LogP contribution in [0.4, 0.5) is 10.1 Å². The van der Waals surface area contributed by atoms with Gasteiger partial charge in [0, 0.05) is 11.7 Å². The average molecular weight is 206 g/mol. The average Bonchev–Trinajstić information content (AvgIpc) is 2.14. The summed E-state index contributed by atoms with van der Waals surface area (Å²) in [7, 11) is 0. The molecule has 4 heteroatoms. The lowest BCUT2D eigenvalue weighted by atomic mass is 9.89. The van der Waals surface area contributed by atoms with Gasteiger partial charge in [0.05, 0.1) is 17.7 Å². The van der Waals surface area contributed by atoms with Crippen LogP contribution >= 0.6 is 0 Å². The first kappa shape index (κ1) is 9.94. The number of hydrogen-bond acceptors (Lipinski definition) is 3. The maximum absolute atomic E-state index is 13.0. The predicted molar refractivity (Wildman–Crippen MR) is 53.8 cm³/mol. The van der Waals surface area contributed by atoms with Crippen molar-refractivity contribution in [3.63, 3.8) is 0 Å². The Kier molecular flexibility index (Phi) is 2.57. The maximum Gasteiger partial charge on any atom is 0.126 e. The molecule has 0 saturated heterocycles. The molecule has 0 heterocycles. The van der Waals surface area contributed by atoms with E-state index in [1.54, 1.807) is 6.07 Å². The molecule has 1 aromatic carbocycles. The van der Waals surface area contributed by atoms with E-state index < -0.39 is 5.82 Å². The van der Waals surface area contributed by atoms with Crippen LogP contribution < -0.4 is 5.32 Å². The molecule has 0 aromatic heterocycles. The van der Waals surface area contributed by atoms with Gasteiger partial charge in [-0.2, -0.15) is 5.26 Å². The van der Waals surface area contributed by atoms with E-state index in [0.717, 1.165) is 0 Å². The molecule has 78 valence electrons. The molecule has 0 atom stereocenters. The van der Waals surface area contributed by atoms with Gasteiger partial charge >= 0.3 is 0 Å². The van der Waals surface area contributed by atoms with Crippen molar-refractivity contribution in [3.8, 4) is 6.07 Å². The van der Waals surface area contributed by atoms with E-state index >= 15 is 0 Å². The van der Waals surface area contributed by atoms with Crippen LogP contribution in [0, 0.1) is 17.1 Å². The molecule has 3 nitrogen and oxygen atoms in total. The molecule has 1 aromatic rings. The number of anilines is 1. The van der Waals surface area contributed by atoms with E-state index in [9.17, 15) is 4.39 Å². The fraction of sp³-hybridized carbons (Fsp3) is 0.364. The fourth-order valence-electron chi connectivity index (χ4n) is 1.68. The zero-order valence-electron chi connectivity index (χ0n) is 8.07. The fourth-order valence-corrected chi connectivity index (χ4v) is 1.68. The van der Waals surface area contributed by atoms with Gasteiger partial charge in [-0.15, -0.1) is 0 Å². The van der Waals surface area contributed by atoms with Gasteiger partial charge in [0.25, 0.3) is 0 Å². The third-order valence-corrected chi connectivity index (χ3v) is 2.51. The van der Waals surface area contributed by atoms with Crippen molar-refractivity contribution in [2.75, 3.05) is 5.32 Å². The molecule has 15 heavy (non-hydrogen) atoms. The number of rotatable bonds is 2. The zero-order valence-corrected chi connectivity index (χ0v) is 8.07. The van der Waals surface area contributed by atoms with E-state index in [1.165, 1.54) is 12.1 Å². The number of nitriles is 1. The van der Waals surface area contributed by atoms with E-state index in [2.05, 4.69) is 5.32 Å². The number of nitrogens with zero attached hydrogens (tertiary/aromatic N) is 1. The third-order valence-electron chi connectivity index (χ3n) is 2.51. The lowest BCUT2D eigenvalue weighted by Gasteiger charge is -2.32. The van der Waals surface area contributed by atoms with E-state index in [4.69, 9.17) is 10.4 Å². The quantitative estimate of drug-likeness (QED) is 0.773. The SMILES string of the molecule is N#Cc1cc(F)cc(NC2CC(O)C2)c1. The minimum Gasteiger partial charge on any atom is -0.393 e. The molecule has 0 spiro atoms. The Hall–Kier alpha value is -1.60. The highest BCUT2D eigenvalue weighted by molar-refractivity contribution is 5.50. The summed E-state index contributed by atoms with van der Waals surface area (Å²) in [5.41, 5.74) is 0.904.